The SMILES string of the molecule is CC[C@H](C)c1ccc2oc(-c3ccc(Cl)c(NC(=O)c4cc(I)ccc4Cl)c3)nc2c1. The number of carbonyl (C=O) groups is 1. The summed E-state index contributed by atoms with van der Waals surface area (Å²) in [4.78, 5) is 17.4. The quantitative estimate of drug-likeness (QED) is 0.249. The fourth-order valence-corrected chi connectivity index (χ4v) is 4.08. The molecule has 0 bridgehead atoms. The molecule has 1 amide bonds. The zero-order valence-electron chi connectivity index (χ0n) is 16.9. The number of carbonyl (C=O) groups excluding carboxylic acids is 1. The van der Waals surface area contributed by atoms with Gasteiger partial charge in [-0.15, -0.1) is 0 Å². The fourth-order valence-electron chi connectivity index (χ4n) is 3.23. The Balaban J connectivity index is 1.66. The average Bonchev–Trinajstić information content (AvgIpc) is 3.19. The van der Waals surface area contributed by atoms with Gasteiger partial charge in [-0.1, -0.05) is 43.1 Å². The van der Waals surface area contributed by atoms with Gasteiger partial charge in [-0.2, -0.15) is 0 Å². The van der Waals surface area contributed by atoms with E-state index in [4.69, 9.17) is 27.6 Å². The van der Waals surface area contributed by atoms with Crippen molar-refractivity contribution >= 4 is 68.5 Å². The van der Waals surface area contributed by atoms with E-state index in [-0.39, 0.29) is 5.91 Å². The highest BCUT2D eigenvalue weighted by atomic mass is 127. The maximum atomic E-state index is 12.8. The molecule has 1 aromatic heterocycles. The van der Waals surface area contributed by atoms with Crippen LogP contribution in [0.2, 0.25) is 10.0 Å². The third-order valence-electron chi connectivity index (χ3n) is 5.23. The van der Waals surface area contributed by atoms with E-state index < -0.39 is 0 Å². The first kappa shape index (κ1) is 22.1. The van der Waals surface area contributed by atoms with Gasteiger partial charge in [0, 0.05) is 9.13 Å². The van der Waals surface area contributed by atoms with Crippen molar-refractivity contribution in [2.45, 2.75) is 26.2 Å². The number of hydrogen-bond donors (Lipinski definition) is 1. The summed E-state index contributed by atoms with van der Waals surface area (Å²) in [7, 11) is 0. The van der Waals surface area contributed by atoms with Crippen LogP contribution in [0.1, 0.15) is 42.1 Å². The van der Waals surface area contributed by atoms with Crippen molar-refractivity contribution in [2.24, 2.45) is 0 Å². The Hall–Kier alpha value is -2.09. The van der Waals surface area contributed by atoms with E-state index in [1.54, 1.807) is 24.3 Å². The highest BCUT2D eigenvalue weighted by molar-refractivity contribution is 14.1. The summed E-state index contributed by atoms with van der Waals surface area (Å²) in [6, 6.07) is 16.6. The molecule has 158 valence electrons. The molecular weight excluding hydrogens is 546 g/mol. The number of rotatable bonds is 5. The Morgan fingerprint density at radius 2 is 1.87 bits per heavy atom. The number of halogens is 3. The summed E-state index contributed by atoms with van der Waals surface area (Å²) < 4.78 is 6.87. The predicted octanol–water partition coefficient (Wildman–Crippen LogP) is 8.17. The molecule has 7 heteroatoms. The largest absolute Gasteiger partial charge is 0.436 e. The zero-order chi connectivity index (χ0) is 22.1. The van der Waals surface area contributed by atoms with Gasteiger partial charge in [-0.05, 0) is 89.0 Å². The van der Waals surface area contributed by atoms with Gasteiger partial charge < -0.3 is 9.73 Å². The second-order valence-corrected chi connectivity index (χ2v) is 9.39. The molecule has 0 unspecified atom stereocenters. The molecule has 4 aromatic rings. The van der Waals surface area contributed by atoms with E-state index in [1.807, 2.05) is 18.2 Å². The van der Waals surface area contributed by atoms with Crippen LogP contribution in [0.4, 0.5) is 5.69 Å². The van der Waals surface area contributed by atoms with Crippen molar-refractivity contribution in [1.29, 1.82) is 0 Å². The first-order valence-electron chi connectivity index (χ1n) is 9.82. The molecule has 1 heterocycles. The monoisotopic (exact) mass is 564 g/mol. The fraction of sp³-hybridized carbons (Fsp3) is 0.167. The van der Waals surface area contributed by atoms with Gasteiger partial charge in [0.2, 0.25) is 5.89 Å². The lowest BCUT2D eigenvalue weighted by molar-refractivity contribution is 0.102. The topological polar surface area (TPSA) is 55.1 Å². The Morgan fingerprint density at radius 3 is 2.65 bits per heavy atom. The van der Waals surface area contributed by atoms with Crippen LogP contribution in [-0.4, -0.2) is 10.9 Å². The van der Waals surface area contributed by atoms with Crippen molar-refractivity contribution in [1.82, 2.24) is 4.98 Å². The molecule has 0 saturated heterocycles. The maximum Gasteiger partial charge on any atom is 0.257 e. The molecule has 0 aliphatic rings. The normalized spacial score (nSPS) is 12.2. The van der Waals surface area contributed by atoms with Gasteiger partial charge in [-0.3, -0.25) is 4.79 Å². The average molecular weight is 565 g/mol. The number of benzene rings is 3. The first-order valence-corrected chi connectivity index (χ1v) is 11.7. The highest BCUT2D eigenvalue weighted by Gasteiger charge is 2.16. The van der Waals surface area contributed by atoms with Crippen LogP contribution >= 0.6 is 45.8 Å². The lowest BCUT2D eigenvalue weighted by Crippen LogP contribution is -2.13. The molecule has 0 saturated carbocycles. The van der Waals surface area contributed by atoms with E-state index in [2.05, 4.69) is 58.9 Å². The summed E-state index contributed by atoms with van der Waals surface area (Å²) in [5.74, 6) is 0.587. The van der Waals surface area contributed by atoms with E-state index in [0.717, 1.165) is 21.1 Å². The van der Waals surface area contributed by atoms with Gasteiger partial charge in [0.25, 0.3) is 5.91 Å². The van der Waals surface area contributed by atoms with Crippen LogP contribution in [-0.2, 0) is 0 Å². The molecule has 0 fully saturated rings. The van der Waals surface area contributed by atoms with E-state index in [1.165, 1.54) is 5.56 Å². The van der Waals surface area contributed by atoms with E-state index >= 15 is 0 Å². The molecule has 0 spiro atoms. The standard InChI is InChI=1S/C24H19Cl2IN2O2/c1-3-13(2)14-5-9-22-21(10-14)29-24(31-22)15-4-7-19(26)20(11-15)28-23(30)17-12-16(27)6-8-18(17)25/h4-13H,3H2,1-2H3,(H,28,30)/t13-/m0/s1. The maximum absolute atomic E-state index is 12.8. The number of amides is 1. The molecule has 1 atom stereocenters. The number of anilines is 1. The van der Waals surface area contributed by atoms with Crippen LogP contribution < -0.4 is 5.32 Å². The molecule has 0 radical (unpaired) electrons. The van der Waals surface area contributed by atoms with Gasteiger partial charge >= 0.3 is 0 Å². The number of aromatic nitrogens is 1. The van der Waals surface area contributed by atoms with E-state index in [9.17, 15) is 4.79 Å². The summed E-state index contributed by atoms with van der Waals surface area (Å²) in [6.45, 7) is 4.35. The number of oxazole rings is 1. The van der Waals surface area contributed by atoms with Gasteiger partial charge in [0.05, 0.1) is 21.3 Å². The summed E-state index contributed by atoms with van der Waals surface area (Å²) >= 11 is 14.7. The first-order chi connectivity index (χ1) is 14.9. The Labute approximate surface area is 204 Å². The molecule has 4 rings (SSSR count). The second kappa shape index (κ2) is 9.18. The number of nitrogens with one attached hydrogen (secondary N) is 1. The van der Waals surface area contributed by atoms with Crippen LogP contribution in [0.3, 0.4) is 0 Å². The Kier molecular flexibility index (Phi) is 6.55. The zero-order valence-corrected chi connectivity index (χ0v) is 20.5. The molecular formula is C24H19Cl2IN2O2. The third-order valence-corrected chi connectivity index (χ3v) is 6.56. The molecule has 4 nitrogen and oxygen atoms in total. The second-order valence-electron chi connectivity index (χ2n) is 7.33. The van der Waals surface area contributed by atoms with Crippen molar-refractivity contribution in [3.8, 4) is 11.5 Å². The lowest BCUT2D eigenvalue weighted by Gasteiger charge is -2.10. The summed E-state index contributed by atoms with van der Waals surface area (Å²) in [6.07, 6.45) is 1.06. The smallest absolute Gasteiger partial charge is 0.257 e. The van der Waals surface area contributed by atoms with Crippen molar-refractivity contribution in [2.75, 3.05) is 5.32 Å². The van der Waals surface area contributed by atoms with Crippen molar-refractivity contribution < 1.29 is 9.21 Å². The van der Waals surface area contributed by atoms with Crippen LogP contribution in [0.25, 0.3) is 22.6 Å². The molecule has 1 N–H and O–H groups in total. The van der Waals surface area contributed by atoms with Crippen molar-refractivity contribution in [3.63, 3.8) is 0 Å². The molecule has 31 heavy (non-hydrogen) atoms. The number of hydrogen-bond acceptors (Lipinski definition) is 3. The van der Waals surface area contributed by atoms with Gasteiger partial charge in [0.15, 0.2) is 5.58 Å². The highest BCUT2D eigenvalue weighted by Crippen LogP contribution is 2.32. The minimum atomic E-state index is -0.335. The van der Waals surface area contributed by atoms with Gasteiger partial charge in [-0.25, -0.2) is 4.98 Å². The van der Waals surface area contributed by atoms with Crippen LogP contribution in [0.5, 0.6) is 0 Å². The van der Waals surface area contributed by atoms with E-state index in [0.29, 0.717) is 38.7 Å². The summed E-state index contributed by atoms with van der Waals surface area (Å²) in [5.41, 5.74) is 4.31. The summed E-state index contributed by atoms with van der Waals surface area (Å²) in [5, 5.41) is 3.63. The third kappa shape index (κ3) is 4.73. The number of nitrogens with zero attached hydrogens (tertiary/aromatic N) is 1. The predicted molar refractivity (Wildman–Crippen MR) is 135 cm³/mol. The minimum Gasteiger partial charge on any atom is -0.436 e. The molecule has 0 aliphatic carbocycles. The van der Waals surface area contributed by atoms with Gasteiger partial charge in [0.1, 0.15) is 5.52 Å². The minimum absolute atomic E-state index is 0.335. The molecule has 3 aromatic carbocycles. The Morgan fingerprint density at radius 1 is 1.10 bits per heavy atom. The number of fused-ring (bicyclic) bond motifs is 1. The van der Waals surface area contributed by atoms with Crippen LogP contribution in [0.15, 0.2) is 59.0 Å². The Bertz CT molecular complexity index is 1290. The molecule has 0 aliphatic heterocycles. The lowest BCUT2D eigenvalue weighted by atomic mass is 9.98. The van der Waals surface area contributed by atoms with Crippen molar-refractivity contribution in [3.05, 3.63) is 79.3 Å². The van der Waals surface area contributed by atoms with Crippen LogP contribution in [0, 0.1) is 3.57 Å².